The van der Waals surface area contributed by atoms with Gasteiger partial charge in [-0.1, -0.05) is 18.7 Å². The van der Waals surface area contributed by atoms with E-state index in [4.69, 9.17) is 0 Å². The Balaban J connectivity index is 1.72. The second kappa shape index (κ2) is 6.04. The Kier molecular flexibility index (Phi) is 4.05. The summed E-state index contributed by atoms with van der Waals surface area (Å²) in [6.45, 7) is 3.48. The molecule has 4 atom stereocenters. The van der Waals surface area contributed by atoms with Crippen molar-refractivity contribution in [1.82, 2.24) is 9.88 Å². The van der Waals surface area contributed by atoms with E-state index in [-0.39, 0.29) is 23.6 Å². The molecule has 2 aromatic rings. The van der Waals surface area contributed by atoms with Gasteiger partial charge in [-0.2, -0.15) is 0 Å². The SMILES string of the molecule is CC(O)C1C(=O)N2C(C(=O)O)=C(Sc3nc4c[n+](C)ccc4s3)C(C)C12. The summed E-state index contributed by atoms with van der Waals surface area (Å²) >= 11 is 2.81. The number of carbonyl (C=O) groups excluding carboxylic acids is 1. The van der Waals surface area contributed by atoms with Crippen LogP contribution in [0.15, 0.2) is 33.4 Å². The number of carboxylic acids is 1. The van der Waals surface area contributed by atoms with Crippen LogP contribution in [0.4, 0.5) is 0 Å². The molecule has 1 saturated heterocycles. The molecular formula is C17H18N3O4S2+. The molecule has 0 saturated carbocycles. The molecule has 136 valence electrons. The van der Waals surface area contributed by atoms with Gasteiger partial charge in [-0.25, -0.2) is 14.3 Å². The fourth-order valence-corrected chi connectivity index (χ4v) is 6.06. The quantitative estimate of drug-likeness (QED) is 0.603. The first kappa shape index (κ1) is 17.4. The molecule has 1 amide bonds. The molecule has 0 aliphatic carbocycles. The zero-order chi connectivity index (χ0) is 18.7. The van der Waals surface area contributed by atoms with E-state index in [0.717, 1.165) is 14.6 Å². The number of hydrogen-bond acceptors (Lipinski definition) is 6. The minimum absolute atomic E-state index is 0.0270. The number of rotatable bonds is 4. The van der Waals surface area contributed by atoms with E-state index >= 15 is 0 Å². The van der Waals surface area contributed by atoms with Crippen LogP contribution in [0.3, 0.4) is 0 Å². The molecule has 4 rings (SSSR count). The predicted octanol–water partition coefficient (Wildman–Crippen LogP) is 1.37. The number of fused-ring (bicyclic) bond motifs is 2. The van der Waals surface area contributed by atoms with Gasteiger partial charge in [0.25, 0.3) is 0 Å². The number of aryl methyl sites for hydroxylation is 1. The van der Waals surface area contributed by atoms with Gasteiger partial charge in [0.1, 0.15) is 18.3 Å². The van der Waals surface area contributed by atoms with Crippen molar-refractivity contribution < 1.29 is 24.4 Å². The number of thiazole rings is 1. The topological polar surface area (TPSA) is 94.6 Å². The number of aromatic nitrogens is 2. The van der Waals surface area contributed by atoms with E-state index in [1.54, 1.807) is 6.92 Å². The van der Waals surface area contributed by atoms with Gasteiger partial charge in [-0.3, -0.25) is 4.79 Å². The van der Waals surface area contributed by atoms with Crippen LogP contribution >= 0.6 is 23.1 Å². The number of aliphatic carboxylic acids is 1. The summed E-state index contributed by atoms with van der Waals surface area (Å²) in [5.74, 6) is -2.15. The van der Waals surface area contributed by atoms with Gasteiger partial charge >= 0.3 is 5.97 Å². The summed E-state index contributed by atoms with van der Waals surface area (Å²) in [5, 5.41) is 19.6. The summed E-state index contributed by atoms with van der Waals surface area (Å²) in [5.41, 5.74) is 0.881. The highest BCUT2D eigenvalue weighted by Gasteiger charge is 2.60. The number of β-lactam (4-membered cyclic amide) rings is 1. The van der Waals surface area contributed by atoms with E-state index < -0.39 is 18.0 Å². The lowest BCUT2D eigenvalue weighted by Gasteiger charge is -2.46. The third-order valence-corrected chi connectivity index (χ3v) is 7.34. The van der Waals surface area contributed by atoms with Crippen LogP contribution in [0.5, 0.6) is 0 Å². The number of aliphatic hydroxyl groups is 1. The van der Waals surface area contributed by atoms with Crippen LogP contribution < -0.4 is 4.57 Å². The largest absolute Gasteiger partial charge is 0.477 e. The van der Waals surface area contributed by atoms with Crippen molar-refractivity contribution in [3.63, 3.8) is 0 Å². The normalized spacial score (nSPS) is 26.2. The van der Waals surface area contributed by atoms with Crippen LogP contribution in [0.1, 0.15) is 13.8 Å². The minimum Gasteiger partial charge on any atom is -0.477 e. The molecule has 26 heavy (non-hydrogen) atoms. The van der Waals surface area contributed by atoms with Crippen LogP contribution in [-0.4, -0.2) is 44.1 Å². The Hall–Kier alpha value is -1.97. The number of thioether (sulfide) groups is 1. The van der Waals surface area contributed by atoms with Crippen molar-refractivity contribution in [3.8, 4) is 0 Å². The van der Waals surface area contributed by atoms with Gasteiger partial charge in [0.15, 0.2) is 16.7 Å². The lowest BCUT2D eigenvalue weighted by molar-refractivity contribution is -0.670. The van der Waals surface area contributed by atoms with E-state index in [9.17, 15) is 19.8 Å². The number of nitrogens with zero attached hydrogens (tertiary/aromatic N) is 3. The second-order valence-corrected chi connectivity index (χ2v) is 9.03. The monoisotopic (exact) mass is 392 g/mol. The van der Waals surface area contributed by atoms with Gasteiger partial charge in [-0.15, -0.1) is 11.3 Å². The minimum atomic E-state index is -1.12. The van der Waals surface area contributed by atoms with Gasteiger partial charge < -0.3 is 15.1 Å². The van der Waals surface area contributed by atoms with Crippen molar-refractivity contribution in [3.05, 3.63) is 29.1 Å². The number of hydrogen-bond donors (Lipinski definition) is 2. The Morgan fingerprint density at radius 2 is 2.23 bits per heavy atom. The van der Waals surface area contributed by atoms with E-state index in [2.05, 4.69) is 4.98 Å². The van der Waals surface area contributed by atoms with Crippen molar-refractivity contribution >= 4 is 45.2 Å². The van der Waals surface area contributed by atoms with Crippen molar-refractivity contribution in [2.75, 3.05) is 0 Å². The molecule has 9 heteroatoms. The average molecular weight is 392 g/mol. The highest BCUT2D eigenvalue weighted by molar-refractivity contribution is 8.04. The van der Waals surface area contributed by atoms with Crippen LogP contribution in [0, 0.1) is 11.8 Å². The van der Waals surface area contributed by atoms with Crippen LogP contribution in [0.25, 0.3) is 10.2 Å². The summed E-state index contributed by atoms with van der Waals surface area (Å²) in [4.78, 5) is 30.7. The van der Waals surface area contributed by atoms with Gasteiger partial charge in [-0.05, 0) is 6.92 Å². The molecule has 4 unspecified atom stereocenters. The number of aliphatic hydroxyl groups excluding tert-OH is 1. The Bertz CT molecular complexity index is 968. The third kappa shape index (κ3) is 2.45. The van der Waals surface area contributed by atoms with E-state index in [1.807, 2.05) is 37.0 Å². The zero-order valence-corrected chi connectivity index (χ0v) is 16.0. The maximum Gasteiger partial charge on any atom is 0.353 e. The molecule has 4 heterocycles. The zero-order valence-electron chi connectivity index (χ0n) is 14.4. The van der Waals surface area contributed by atoms with Gasteiger partial charge in [0, 0.05) is 16.9 Å². The second-order valence-electron chi connectivity index (χ2n) is 6.71. The fourth-order valence-electron chi connectivity index (χ4n) is 3.75. The summed E-state index contributed by atoms with van der Waals surface area (Å²) in [6.07, 6.45) is 3.06. The Labute approximate surface area is 158 Å². The molecule has 0 bridgehead atoms. The Morgan fingerprint density at radius 1 is 1.50 bits per heavy atom. The first-order valence-corrected chi connectivity index (χ1v) is 9.85. The molecule has 2 aliphatic heterocycles. The highest BCUT2D eigenvalue weighted by Crippen LogP contribution is 2.52. The molecular weight excluding hydrogens is 374 g/mol. The smallest absolute Gasteiger partial charge is 0.353 e. The summed E-state index contributed by atoms with van der Waals surface area (Å²) < 4.78 is 3.68. The van der Waals surface area contributed by atoms with Crippen LogP contribution in [-0.2, 0) is 16.6 Å². The molecule has 0 radical (unpaired) electrons. The molecule has 0 aromatic carbocycles. The molecule has 2 N–H and O–H groups in total. The summed E-state index contributed by atoms with van der Waals surface area (Å²) in [6, 6.07) is 1.67. The fraction of sp³-hybridized carbons (Fsp3) is 0.412. The van der Waals surface area contributed by atoms with Crippen molar-refractivity contribution in [2.45, 2.75) is 30.3 Å². The molecule has 2 aliphatic rings. The van der Waals surface area contributed by atoms with E-state index in [1.165, 1.54) is 28.0 Å². The van der Waals surface area contributed by atoms with Crippen LogP contribution in [0.2, 0.25) is 0 Å². The third-order valence-electron chi connectivity index (χ3n) is 4.96. The molecule has 0 spiro atoms. The maximum absolute atomic E-state index is 12.4. The number of carboxylic acid groups (broad SMARTS) is 1. The lowest BCUT2D eigenvalue weighted by Crippen LogP contribution is -2.63. The van der Waals surface area contributed by atoms with Crippen molar-refractivity contribution in [1.29, 1.82) is 0 Å². The van der Waals surface area contributed by atoms with Crippen molar-refractivity contribution in [2.24, 2.45) is 18.9 Å². The lowest BCUT2D eigenvalue weighted by atomic mass is 9.79. The maximum atomic E-state index is 12.4. The van der Waals surface area contributed by atoms with Gasteiger partial charge in [0.2, 0.25) is 5.91 Å². The first-order valence-electron chi connectivity index (χ1n) is 8.22. The first-order chi connectivity index (χ1) is 12.3. The van der Waals surface area contributed by atoms with E-state index in [0.29, 0.717) is 4.91 Å². The molecule has 1 fully saturated rings. The molecule has 2 aromatic heterocycles. The predicted molar refractivity (Wildman–Crippen MR) is 96.3 cm³/mol. The average Bonchev–Trinajstić information content (AvgIpc) is 3.05. The van der Waals surface area contributed by atoms with Gasteiger partial charge in [0.05, 0.1) is 22.8 Å². The highest BCUT2D eigenvalue weighted by atomic mass is 32.2. The standard InChI is InChI=1S/C17H17N3O4S2/c1-7-12-11(8(2)21)15(22)20(12)13(16(23)24)14(7)26-17-18-9-6-19(3)5-4-10(9)25-17/h4-8,11-12,21H,1-3H3/p+1. The molecule has 7 nitrogen and oxygen atoms in total. The summed E-state index contributed by atoms with van der Waals surface area (Å²) in [7, 11) is 1.92. The number of amides is 1. The number of carbonyl (C=O) groups is 2. The number of pyridine rings is 1. The Morgan fingerprint density at radius 3 is 2.88 bits per heavy atom.